The first-order valence-corrected chi connectivity index (χ1v) is 17.2. The molecule has 1 N–H and O–H groups in total. The molecule has 3 aromatic carbocycles. The fourth-order valence-corrected chi connectivity index (χ4v) is 10.4. The minimum absolute atomic E-state index is 0.307. The van der Waals surface area contributed by atoms with Crippen LogP contribution in [0.4, 0.5) is 0 Å². The van der Waals surface area contributed by atoms with Crippen molar-refractivity contribution in [2.45, 2.75) is 60.8 Å². The molecule has 0 saturated carbocycles. The van der Waals surface area contributed by atoms with Crippen molar-refractivity contribution < 1.29 is 32.2 Å². The van der Waals surface area contributed by atoms with Crippen LogP contribution in [0.5, 0.6) is 0 Å². The summed E-state index contributed by atoms with van der Waals surface area (Å²) in [7, 11) is -5.44. The molecule has 3 rings (SSSR count). The number of carbonyl (C=O) groups excluding carboxylic acids is 1. The molecule has 7 nitrogen and oxygen atoms in total. The topological polar surface area (TPSA) is 91.3 Å². The Kier molecular flexibility index (Phi) is 12.4. The Morgan fingerprint density at radius 2 is 1.12 bits per heavy atom. The Morgan fingerprint density at radius 1 is 0.725 bits per heavy atom. The summed E-state index contributed by atoms with van der Waals surface area (Å²) >= 11 is 0. The molecule has 40 heavy (non-hydrogen) atoms. The van der Waals surface area contributed by atoms with Gasteiger partial charge in [-0.15, -0.1) is 0 Å². The fourth-order valence-electron chi connectivity index (χ4n) is 4.66. The number of aliphatic carboxylic acids is 1. The lowest BCUT2D eigenvalue weighted by atomic mass is 10.0. The highest BCUT2D eigenvalue weighted by atomic mass is 32.3. The lowest BCUT2D eigenvalue weighted by molar-refractivity contribution is -0.146. The zero-order valence-electron chi connectivity index (χ0n) is 23.5. The maximum Gasteiger partial charge on any atom is 0.500 e. The SMILES string of the molecule is CCO[Si](CCCC(CC(=O)O)C(=O)OS(c1ccccc1)(c1ccccc1)c1ccccc1)(OCC)OCC. The lowest BCUT2D eigenvalue weighted by Crippen LogP contribution is -2.46. The quantitative estimate of drug-likeness (QED) is 0.166. The zero-order valence-corrected chi connectivity index (χ0v) is 25.3. The maximum absolute atomic E-state index is 14.0. The third kappa shape index (κ3) is 8.05. The minimum atomic E-state index is -2.94. The molecule has 0 heterocycles. The average Bonchev–Trinajstić information content (AvgIpc) is 2.97. The summed E-state index contributed by atoms with van der Waals surface area (Å²) < 4.78 is 24.4. The molecule has 0 spiro atoms. The van der Waals surface area contributed by atoms with E-state index in [2.05, 4.69) is 0 Å². The molecule has 1 unspecified atom stereocenters. The highest BCUT2D eigenvalue weighted by molar-refractivity contribution is 8.30. The lowest BCUT2D eigenvalue weighted by Gasteiger charge is -2.40. The second-order valence-corrected chi connectivity index (χ2v) is 14.5. The molecule has 0 fully saturated rings. The third-order valence-electron chi connectivity index (χ3n) is 6.32. The third-order valence-corrected chi connectivity index (χ3v) is 12.7. The first-order valence-electron chi connectivity index (χ1n) is 13.8. The van der Waals surface area contributed by atoms with Crippen LogP contribution < -0.4 is 0 Å². The van der Waals surface area contributed by atoms with Gasteiger partial charge >= 0.3 is 20.7 Å². The van der Waals surface area contributed by atoms with Gasteiger partial charge < -0.3 is 22.6 Å². The Labute approximate surface area is 240 Å². The van der Waals surface area contributed by atoms with E-state index in [4.69, 9.17) is 17.5 Å². The summed E-state index contributed by atoms with van der Waals surface area (Å²) in [5.74, 6) is -2.44. The van der Waals surface area contributed by atoms with Crippen LogP contribution in [0.25, 0.3) is 0 Å². The van der Waals surface area contributed by atoms with Crippen molar-refractivity contribution in [3.63, 3.8) is 0 Å². The van der Waals surface area contributed by atoms with Crippen molar-refractivity contribution in [1.82, 2.24) is 0 Å². The summed E-state index contributed by atoms with van der Waals surface area (Å²) in [5.41, 5.74) is 0. The molecule has 0 aromatic heterocycles. The molecule has 1 atom stereocenters. The predicted molar refractivity (Wildman–Crippen MR) is 158 cm³/mol. The van der Waals surface area contributed by atoms with Crippen molar-refractivity contribution in [2.75, 3.05) is 19.8 Å². The highest BCUT2D eigenvalue weighted by Crippen LogP contribution is 2.69. The molecule has 9 heteroatoms. The Hall–Kier alpha value is -2.95. The van der Waals surface area contributed by atoms with Crippen LogP contribution in [0, 0.1) is 5.92 Å². The average molecular weight is 585 g/mol. The van der Waals surface area contributed by atoms with Gasteiger partial charge in [0.2, 0.25) is 0 Å². The normalized spacial score (nSPS) is 13.0. The van der Waals surface area contributed by atoms with E-state index in [1.807, 2.05) is 112 Å². The predicted octanol–water partition coefficient (Wildman–Crippen LogP) is 7.35. The number of hydrogen-bond donors (Lipinski definition) is 1. The van der Waals surface area contributed by atoms with Gasteiger partial charge in [0.05, 0.1) is 12.3 Å². The Morgan fingerprint density at radius 3 is 1.48 bits per heavy atom. The van der Waals surface area contributed by atoms with E-state index in [9.17, 15) is 14.7 Å². The Bertz CT molecular complexity index is 1060. The van der Waals surface area contributed by atoms with E-state index < -0.39 is 37.0 Å². The summed E-state index contributed by atoms with van der Waals surface area (Å²) in [6.07, 6.45) is 0.476. The maximum atomic E-state index is 14.0. The zero-order chi connectivity index (χ0) is 28.8. The van der Waals surface area contributed by atoms with Gasteiger partial charge in [-0.3, -0.25) is 9.59 Å². The molecular weight excluding hydrogens is 544 g/mol. The molecule has 0 amide bonds. The molecule has 0 aliphatic heterocycles. The van der Waals surface area contributed by atoms with Crippen LogP contribution in [-0.2, 0) is 27.1 Å². The number of carbonyl (C=O) groups is 2. The summed E-state index contributed by atoms with van der Waals surface area (Å²) in [4.78, 5) is 28.4. The standard InChI is InChI=1S/C31H40O7SSi/c1-4-35-40(36-5-2,37-6-3)24-16-17-26(25-30(32)33)31(34)38-39(27-18-10-7-11-19-27,28-20-12-8-13-21-28)29-22-14-9-15-23-29/h7-15,18-23,26H,4-6,16-17,24-25H2,1-3H3,(H,32,33). The first kappa shape index (κ1) is 31.6. The van der Waals surface area contributed by atoms with Gasteiger partial charge in [-0.05, 0) is 80.3 Å². The van der Waals surface area contributed by atoms with Crippen LogP contribution in [0.15, 0.2) is 106 Å². The van der Waals surface area contributed by atoms with Gasteiger partial charge in [0, 0.05) is 40.6 Å². The van der Waals surface area contributed by atoms with E-state index in [1.165, 1.54) is 0 Å². The van der Waals surface area contributed by atoms with Gasteiger partial charge in [0.1, 0.15) is 0 Å². The van der Waals surface area contributed by atoms with Gasteiger partial charge in [-0.1, -0.05) is 54.6 Å². The van der Waals surface area contributed by atoms with E-state index >= 15 is 0 Å². The molecule has 0 aliphatic rings. The van der Waals surface area contributed by atoms with Crippen molar-refractivity contribution in [3.8, 4) is 0 Å². The number of hydrogen-bond acceptors (Lipinski definition) is 6. The largest absolute Gasteiger partial charge is 0.500 e. The smallest absolute Gasteiger partial charge is 0.481 e. The fraction of sp³-hybridized carbons (Fsp3) is 0.355. The van der Waals surface area contributed by atoms with Crippen LogP contribution in [0.1, 0.15) is 40.0 Å². The number of benzene rings is 3. The van der Waals surface area contributed by atoms with Gasteiger partial charge in [-0.2, -0.15) is 0 Å². The van der Waals surface area contributed by atoms with Crippen molar-refractivity contribution >= 4 is 31.1 Å². The van der Waals surface area contributed by atoms with Crippen molar-refractivity contribution in [1.29, 1.82) is 0 Å². The van der Waals surface area contributed by atoms with Crippen molar-refractivity contribution in [2.24, 2.45) is 5.92 Å². The molecule has 216 valence electrons. The number of rotatable bonds is 17. The van der Waals surface area contributed by atoms with E-state index in [0.29, 0.717) is 38.7 Å². The molecule has 3 aromatic rings. The monoisotopic (exact) mass is 584 g/mol. The van der Waals surface area contributed by atoms with Crippen LogP contribution in [0.2, 0.25) is 6.04 Å². The Balaban J connectivity index is 1.98. The minimum Gasteiger partial charge on any atom is -0.481 e. The highest BCUT2D eigenvalue weighted by Gasteiger charge is 2.41. The second-order valence-electron chi connectivity index (χ2n) is 9.07. The van der Waals surface area contributed by atoms with Crippen LogP contribution in [0.3, 0.4) is 0 Å². The number of carboxylic acids is 1. The summed E-state index contributed by atoms with van der Waals surface area (Å²) in [5, 5.41) is 9.73. The molecule has 0 radical (unpaired) electrons. The van der Waals surface area contributed by atoms with Crippen molar-refractivity contribution in [3.05, 3.63) is 91.0 Å². The molecular formula is C31H40O7SSi. The van der Waals surface area contributed by atoms with E-state index in [0.717, 1.165) is 14.7 Å². The second kappa shape index (κ2) is 15.7. The molecule has 0 bridgehead atoms. The number of carboxylic acid groups (broad SMARTS) is 1. The van der Waals surface area contributed by atoms with E-state index in [1.54, 1.807) is 0 Å². The first-order chi connectivity index (χ1) is 19.4. The molecule has 0 aliphatic carbocycles. The van der Waals surface area contributed by atoms with Gasteiger partial charge in [0.25, 0.3) is 0 Å². The van der Waals surface area contributed by atoms with Gasteiger partial charge in [0.15, 0.2) is 0 Å². The summed E-state index contributed by atoms with van der Waals surface area (Å²) in [6.45, 7) is 7.02. The molecule has 0 saturated heterocycles. The van der Waals surface area contributed by atoms with Gasteiger partial charge in [-0.25, -0.2) is 0 Å². The van der Waals surface area contributed by atoms with Crippen LogP contribution >= 0.6 is 10.3 Å². The van der Waals surface area contributed by atoms with E-state index in [-0.39, 0.29) is 6.42 Å². The van der Waals surface area contributed by atoms with Crippen LogP contribution in [-0.4, -0.2) is 45.7 Å². The summed E-state index contributed by atoms with van der Waals surface area (Å²) in [6, 6.07) is 29.5.